The largest absolute Gasteiger partial charge is 0.455 e. The van der Waals surface area contributed by atoms with E-state index in [0.717, 1.165) is 39.2 Å². The van der Waals surface area contributed by atoms with Gasteiger partial charge in [-0.3, -0.25) is 9.78 Å². The maximum Gasteiger partial charge on any atom is 0.246 e. The number of aromatic nitrogens is 3. The number of halogens is 1. The molecule has 4 aromatic rings. The van der Waals surface area contributed by atoms with Crippen molar-refractivity contribution < 1.29 is 14.3 Å². The topological polar surface area (TPSA) is 98.3 Å². The van der Waals surface area contributed by atoms with E-state index in [9.17, 15) is 4.79 Å². The highest BCUT2D eigenvalue weighted by molar-refractivity contribution is 5.92. The summed E-state index contributed by atoms with van der Waals surface area (Å²) < 4.78 is 10.8. The predicted octanol–water partition coefficient (Wildman–Crippen LogP) is 5.38. The Balaban J connectivity index is 0.00000361. The number of rotatable bonds is 9. The van der Waals surface area contributed by atoms with Gasteiger partial charge < -0.3 is 20.1 Å². The highest BCUT2D eigenvalue weighted by atomic mass is 35.5. The number of aryl methyl sites for hydroxylation is 2. The zero-order valence-corrected chi connectivity index (χ0v) is 21.1. The molecule has 1 amide bonds. The maximum atomic E-state index is 11.5. The number of pyridine rings is 1. The third-order valence-corrected chi connectivity index (χ3v) is 5.21. The Morgan fingerprint density at radius 3 is 2.64 bits per heavy atom. The standard InChI is InChI=1S/C27H27N5O3.ClH/c1-18-13-21(8-11-25(18)35-22-9-6-19(2)29-15-22)32-27-23-14-20(7-10-24(23)30-17-31-27)5-4-12-28-26(33)16-34-3;/h4-11,13-15,17H,12,16H2,1-3H3,(H,28,33)(H,30,31,32);1H/b5-4+;. The number of methoxy groups -OCH3 is 1. The lowest BCUT2D eigenvalue weighted by molar-refractivity contribution is -0.124. The minimum absolute atomic E-state index is 0. The molecule has 2 aromatic carbocycles. The summed E-state index contributed by atoms with van der Waals surface area (Å²) in [5.41, 5.74) is 4.62. The van der Waals surface area contributed by atoms with E-state index in [1.54, 1.807) is 12.5 Å². The van der Waals surface area contributed by atoms with Crippen LogP contribution in [-0.4, -0.2) is 41.1 Å². The monoisotopic (exact) mass is 505 g/mol. The summed E-state index contributed by atoms with van der Waals surface area (Å²) in [6, 6.07) is 15.6. The van der Waals surface area contributed by atoms with Crippen LogP contribution in [-0.2, 0) is 9.53 Å². The fourth-order valence-corrected chi connectivity index (χ4v) is 3.45. The molecule has 0 radical (unpaired) electrons. The van der Waals surface area contributed by atoms with Crippen molar-refractivity contribution in [2.24, 2.45) is 0 Å². The molecule has 2 aromatic heterocycles. The quantitative estimate of drug-likeness (QED) is 0.315. The lowest BCUT2D eigenvalue weighted by Crippen LogP contribution is -2.26. The molecule has 2 heterocycles. The molecule has 0 aliphatic heterocycles. The van der Waals surface area contributed by atoms with Crippen LogP contribution in [0.15, 0.2) is 67.1 Å². The van der Waals surface area contributed by atoms with Crippen LogP contribution < -0.4 is 15.4 Å². The number of anilines is 2. The lowest BCUT2D eigenvalue weighted by Gasteiger charge is -2.12. The maximum absolute atomic E-state index is 11.5. The molecule has 0 aliphatic rings. The molecular formula is C27H28ClN5O3. The van der Waals surface area contributed by atoms with Gasteiger partial charge in [-0.05, 0) is 67.4 Å². The van der Waals surface area contributed by atoms with Crippen LogP contribution in [0.25, 0.3) is 17.0 Å². The number of hydrogen-bond donors (Lipinski definition) is 2. The van der Waals surface area contributed by atoms with Crippen LogP contribution in [0.5, 0.6) is 11.5 Å². The molecule has 9 heteroatoms. The Morgan fingerprint density at radius 2 is 1.89 bits per heavy atom. The Kier molecular flexibility index (Phi) is 9.32. The molecule has 8 nitrogen and oxygen atoms in total. The van der Waals surface area contributed by atoms with Crippen molar-refractivity contribution in [2.45, 2.75) is 13.8 Å². The number of ether oxygens (including phenoxy) is 2. The average Bonchev–Trinajstić information content (AvgIpc) is 2.85. The summed E-state index contributed by atoms with van der Waals surface area (Å²) >= 11 is 0. The van der Waals surface area contributed by atoms with Crippen LogP contribution in [0.4, 0.5) is 11.5 Å². The number of nitrogens with zero attached hydrogens (tertiary/aromatic N) is 3. The first kappa shape index (κ1) is 26.6. The van der Waals surface area contributed by atoms with E-state index in [1.165, 1.54) is 7.11 Å². The first-order valence-electron chi connectivity index (χ1n) is 11.2. The van der Waals surface area contributed by atoms with E-state index < -0.39 is 0 Å². The van der Waals surface area contributed by atoms with Gasteiger partial charge in [-0.15, -0.1) is 12.4 Å². The van der Waals surface area contributed by atoms with Crippen LogP contribution in [0.3, 0.4) is 0 Å². The number of hydrogen-bond acceptors (Lipinski definition) is 7. The van der Waals surface area contributed by atoms with Crippen molar-refractivity contribution in [3.05, 3.63) is 84.0 Å². The number of carbonyl (C=O) groups excluding carboxylic acids is 1. The van der Waals surface area contributed by atoms with Gasteiger partial charge in [0.05, 0.1) is 11.7 Å². The van der Waals surface area contributed by atoms with Gasteiger partial charge in [0.15, 0.2) is 0 Å². The van der Waals surface area contributed by atoms with Crippen molar-refractivity contribution in [3.63, 3.8) is 0 Å². The molecular weight excluding hydrogens is 478 g/mol. The van der Waals surface area contributed by atoms with E-state index in [0.29, 0.717) is 18.1 Å². The molecule has 0 aliphatic carbocycles. The second-order valence-corrected chi connectivity index (χ2v) is 7.98. The van der Waals surface area contributed by atoms with Gasteiger partial charge in [0.2, 0.25) is 5.91 Å². The first-order chi connectivity index (χ1) is 17.0. The van der Waals surface area contributed by atoms with E-state index >= 15 is 0 Å². The summed E-state index contributed by atoms with van der Waals surface area (Å²) in [6.07, 6.45) is 7.09. The Morgan fingerprint density at radius 1 is 1.03 bits per heavy atom. The van der Waals surface area contributed by atoms with Gasteiger partial charge >= 0.3 is 0 Å². The summed E-state index contributed by atoms with van der Waals surface area (Å²) in [5.74, 6) is 2.01. The molecule has 0 saturated carbocycles. The zero-order chi connectivity index (χ0) is 24.6. The van der Waals surface area contributed by atoms with E-state index in [2.05, 4.69) is 25.6 Å². The molecule has 2 N–H and O–H groups in total. The second kappa shape index (κ2) is 12.6. The number of nitrogens with one attached hydrogen (secondary N) is 2. The van der Waals surface area contributed by atoms with Crippen molar-refractivity contribution in [1.29, 1.82) is 0 Å². The summed E-state index contributed by atoms with van der Waals surface area (Å²) in [4.78, 5) is 24.6. The van der Waals surface area contributed by atoms with Gasteiger partial charge in [-0.1, -0.05) is 18.2 Å². The lowest BCUT2D eigenvalue weighted by atomic mass is 10.1. The van der Waals surface area contributed by atoms with Gasteiger partial charge in [-0.2, -0.15) is 0 Å². The highest BCUT2D eigenvalue weighted by Crippen LogP contribution is 2.30. The number of amides is 1. The third-order valence-electron chi connectivity index (χ3n) is 5.21. The Bertz CT molecular complexity index is 1360. The SMILES string of the molecule is COCC(=O)NC/C=C/c1ccc2ncnc(Nc3ccc(Oc4ccc(C)nc4)c(C)c3)c2c1.Cl. The smallest absolute Gasteiger partial charge is 0.246 e. The van der Waals surface area contributed by atoms with E-state index in [1.807, 2.05) is 74.5 Å². The van der Waals surface area contributed by atoms with Gasteiger partial charge in [0.1, 0.15) is 30.3 Å². The molecule has 0 fully saturated rings. The van der Waals surface area contributed by atoms with Crippen molar-refractivity contribution >= 4 is 46.8 Å². The van der Waals surface area contributed by atoms with Crippen LogP contribution in [0, 0.1) is 13.8 Å². The molecule has 0 saturated heterocycles. The molecule has 186 valence electrons. The molecule has 4 rings (SSSR count). The molecule has 0 unspecified atom stereocenters. The van der Waals surface area contributed by atoms with Crippen LogP contribution in [0.1, 0.15) is 16.8 Å². The van der Waals surface area contributed by atoms with Crippen LogP contribution in [0.2, 0.25) is 0 Å². The normalized spacial score (nSPS) is 10.8. The van der Waals surface area contributed by atoms with Crippen molar-refractivity contribution in [1.82, 2.24) is 20.3 Å². The molecule has 0 bridgehead atoms. The summed E-state index contributed by atoms with van der Waals surface area (Å²) in [5, 5.41) is 7.05. The number of benzene rings is 2. The first-order valence-corrected chi connectivity index (χ1v) is 11.2. The Hall–Kier alpha value is -4.01. The number of carbonyl (C=O) groups is 1. The highest BCUT2D eigenvalue weighted by Gasteiger charge is 2.08. The molecule has 0 spiro atoms. The van der Waals surface area contributed by atoms with Gasteiger partial charge in [0, 0.05) is 30.4 Å². The van der Waals surface area contributed by atoms with Crippen molar-refractivity contribution in [2.75, 3.05) is 25.6 Å². The summed E-state index contributed by atoms with van der Waals surface area (Å²) in [7, 11) is 1.49. The third kappa shape index (κ3) is 7.00. The molecule has 0 atom stereocenters. The fraction of sp³-hybridized carbons (Fsp3) is 0.185. The minimum atomic E-state index is -0.155. The summed E-state index contributed by atoms with van der Waals surface area (Å²) in [6.45, 7) is 4.40. The second-order valence-electron chi connectivity index (χ2n) is 7.98. The van der Waals surface area contributed by atoms with Gasteiger partial charge in [0.25, 0.3) is 0 Å². The number of fused-ring (bicyclic) bond motifs is 1. The molecule has 36 heavy (non-hydrogen) atoms. The Labute approximate surface area is 216 Å². The minimum Gasteiger partial charge on any atom is -0.455 e. The van der Waals surface area contributed by atoms with E-state index in [-0.39, 0.29) is 24.9 Å². The predicted molar refractivity (Wildman–Crippen MR) is 144 cm³/mol. The zero-order valence-electron chi connectivity index (χ0n) is 20.3. The fourth-order valence-electron chi connectivity index (χ4n) is 3.45. The van der Waals surface area contributed by atoms with Crippen molar-refractivity contribution in [3.8, 4) is 11.5 Å². The van der Waals surface area contributed by atoms with Crippen LogP contribution >= 0.6 is 12.4 Å². The van der Waals surface area contributed by atoms with Gasteiger partial charge in [-0.25, -0.2) is 9.97 Å². The average molecular weight is 506 g/mol. The van der Waals surface area contributed by atoms with E-state index in [4.69, 9.17) is 9.47 Å².